The van der Waals surface area contributed by atoms with Gasteiger partial charge in [0.05, 0.1) is 19.0 Å². The van der Waals surface area contributed by atoms with Gasteiger partial charge in [-0.25, -0.2) is 0 Å². The number of hydrogen-bond donors (Lipinski definition) is 1. The molecule has 22 heavy (non-hydrogen) atoms. The zero-order valence-corrected chi connectivity index (χ0v) is 12.6. The minimum absolute atomic E-state index is 0.00186. The highest BCUT2D eigenvalue weighted by Crippen LogP contribution is 2.23. The highest BCUT2D eigenvalue weighted by Gasteiger charge is 2.13. The standard InChI is InChI=1S/C16H16N4O2/c1-11-13(10-18-20(11)2)8-12(9-17)16(21)19-14-6-4-5-7-15(14)22-3/h4-8,10H,1-3H3,(H,19,21)/b12-8+. The largest absolute Gasteiger partial charge is 0.495 e. The first-order valence-electron chi connectivity index (χ1n) is 6.61. The molecule has 112 valence electrons. The lowest BCUT2D eigenvalue weighted by Crippen LogP contribution is -2.14. The van der Waals surface area contributed by atoms with E-state index in [1.165, 1.54) is 13.2 Å². The zero-order valence-electron chi connectivity index (χ0n) is 12.6. The van der Waals surface area contributed by atoms with Crippen molar-refractivity contribution in [2.75, 3.05) is 12.4 Å². The molecule has 0 unspecified atom stereocenters. The van der Waals surface area contributed by atoms with Crippen LogP contribution >= 0.6 is 0 Å². The first-order valence-corrected chi connectivity index (χ1v) is 6.61. The van der Waals surface area contributed by atoms with Gasteiger partial charge in [0.15, 0.2) is 0 Å². The van der Waals surface area contributed by atoms with Crippen molar-refractivity contribution in [3.63, 3.8) is 0 Å². The number of amides is 1. The molecule has 0 fully saturated rings. The maximum atomic E-state index is 12.2. The van der Waals surface area contributed by atoms with Crippen LogP contribution in [0.1, 0.15) is 11.3 Å². The van der Waals surface area contributed by atoms with Gasteiger partial charge in [-0.1, -0.05) is 12.1 Å². The number of benzene rings is 1. The van der Waals surface area contributed by atoms with Gasteiger partial charge in [0.2, 0.25) is 0 Å². The van der Waals surface area contributed by atoms with Crippen LogP contribution in [-0.4, -0.2) is 22.8 Å². The monoisotopic (exact) mass is 296 g/mol. The predicted molar refractivity (Wildman–Crippen MR) is 83.2 cm³/mol. The summed E-state index contributed by atoms with van der Waals surface area (Å²) in [5.41, 5.74) is 2.12. The number of rotatable bonds is 4. The second-order valence-electron chi connectivity index (χ2n) is 4.63. The summed E-state index contributed by atoms with van der Waals surface area (Å²) < 4.78 is 6.85. The van der Waals surface area contributed by atoms with E-state index in [0.29, 0.717) is 11.4 Å². The second-order valence-corrected chi connectivity index (χ2v) is 4.63. The number of carbonyl (C=O) groups excluding carboxylic acids is 1. The molecule has 0 aliphatic heterocycles. The molecule has 1 aromatic heterocycles. The van der Waals surface area contributed by atoms with Crippen molar-refractivity contribution >= 4 is 17.7 Å². The molecule has 0 aliphatic rings. The Morgan fingerprint density at radius 3 is 2.77 bits per heavy atom. The van der Waals surface area contributed by atoms with E-state index in [9.17, 15) is 10.1 Å². The number of hydrogen-bond acceptors (Lipinski definition) is 4. The van der Waals surface area contributed by atoms with Crippen molar-refractivity contribution in [2.45, 2.75) is 6.92 Å². The van der Waals surface area contributed by atoms with Crippen molar-refractivity contribution < 1.29 is 9.53 Å². The molecule has 1 N–H and O–H groups in total. The molecule has 0 saturated carbocycles. The summed E-state index contributed by atoms with van der Waals surface area (Å²) in [4.78, 5) is 12.2. The fourth-order valence-corrected chi connectivity index (χ4v) is 1.90. The van der Waals surface area contributed by atoms with Gasteiger partial charge in [0.25, 0.3) is 5.91 Å². The van der Waals surface area contributed by atoms with Crippen LogP contribution in [0.15, 0.2) is 36.0 Å². The lowest BCUT2D eigenvalue weighted by Gasteiger charge is -2.09. The van der Waals surface area contributed by atoms with Crippen LogP contribution < -0.4 is 10.1 Å². The van der Waals surface area contributed by atoms with E-state index in [1.807, 2.05) is 13.0 Å². The number of methoxy groups -OCH3 is 1. The second kappa shape index (κ2) is 6.59. The number of anilines is 1. The number of carbonyl (C=O) groups is 1. The van der Waals surface area contributed by atoms with Gasteiger partial charge in [-0.3, -0.25) is 9.48 Å². The van der Waals surface area contributed by atoms with Crippen molar-refractivity contribution in [1.29, 1.82) is 5.26 Å². The average Bonchev–Trinajstić information content (AvgIpc) is 2.84. The van der Waals surface area contributed by atoms with E-state index in [1.54, 1.807) is 42.2 Å². The van der Waals surface area contributed by atoms with Crippen molar-refractivity contribution in [3.05, 3.63) is 47.3 Å². The molecule has 6 heteroatoms. The van der Waals surface area contributed by atoms with E-state index < -0.39 is 5.91 Å². The summed E-state index contributed by atoms with van der Waals surface area (Å²) in [7, 11) is 3.32. The van der Waals surface area contributed by atoms with Crippen LogP contribution in [-0.2, 0) is 11.8 Å². The predicted octanol–water partition coefficient (Wildman–Crippen LogP) is 2.28. The first-order chi connectivity index (χ1) is 10.6. The number of aromatic nitrogens is 2. The minimum atomic E-state index is -0.491. The van der Waals surface area contributed by atoms with Gasteiger partial charge < -0.3 is 10.1 Å². The fraction of sp³-hybridized carbons (Fsp3) is 0.188. The summed E-state index contributed by atoms with van der Waals surface area (Å²) in [6.07, 6.45) is 3.14. The Bertz CT molecular complexity index is 769. The Morgan fingerprint density at radius 2 is 2.18 bits per heavy atom. The van der Waals surface area contributed by atoms with Gasteiger partial charge in [-0.2, -0.15) is 10.4 Å². The molecule has 0 saturated heterocycles. The van der Waals surface area contributed by atoms with Crippen LogP contribution in [0.25, 0.3) is 6.08 Å². The van der Waals surface area contributed by atoms with Crippen molar-refractivity contribution in [1.82, 2.24) is 9.78 Å². The minimum Gasteiger partial charge on any atom is -0.495 e. The SMILES string of the molecule is COc1ccccc1NC(=O)/C(C#N)=C/c1cnn(C)c1C. The molecule has 0 atom stereocenters. The van der Waals surface area contributed by atoms with E-state index in [4.69, 9.17) is 4.74 Å². The number of ether oxygens (including phenoxy) is 1. The van der Waals surface area contributed by atoms with Gasteiger partial charge in [0, 0.05) is 18.3 Å². The normalized spacial score (nSPS) is 10.9. The Labute approximate surface area is 128 Å². The summed E-state index contributed by atoms with van der Waals surface area (Å²) in [5.74, 6) is 0.0425. The van der Waals surface area contributed by atoms with Crippen LogP contribution in [0, 0.1) is 18.3 Å². The number of nitriles is 1. The molecule has 0 radical (unpaired) electrons. The Morgan fingerprint density at radius 1 is 1.45 bits per heavy atom. The molecular formula is C16H16N4O2. The molecule has 0 aliphatic carbocycles. The Kier molecular flexibility index (Phi) is 4.59. The summed E-state index contributed by atoms with van der Waals surface area (Å²) in [6.45, 7) is 1.87. The van der Waals surface area contributed by atoms with E-state index >= 15 is 0 Å². The van der Waals surface area contributed by atoms with Gasteiger partial charge >= 0.3 is 0 Å². The molecule has 2 aromatic rings. The molecule has 2 rings (SSSR count). The van der Waals surface area contributed by atoms with E-state index in [2.05, 4.69) is 10.4 Å². The quantitative estimate of drug-likeness (QED) is 0.693. The molecule has 1 aromatic carbocycles. The first kappa shape index (κ1) is 15.3. The van der Waals surface area contributed by atoms with E-state index in [0.717, 1.165) is 11.3 Å². The average molecular weight is 296 g/mol. The lowest BCUT2D eigenvalue weighted by molar-refractivity contribution is -0.112. The maximum absolute atomic E-state index is 12.2. The number of aryl methyl sites for hydroxylation is 1. The van der Waals surface area contributed by atoms with Crippen molar-refractivity contribution in [2.24, 2.45) is 7.05 Å². The van der Waals surface area contributed by atoms with Gasteiger partial charge in [-0.05, 0) is 25.1 Å². The third-order valence-electron chi connectivity index (χ3n) is 3.29. The van der Waals surface area contributed by atoms with Crippen LogP contribution in [0.5, 0.6) is 5.75 Å². The lowest BCUT2D eigenvalue weighted by atomic mass is 10.1. The highest BCUT2D eigenvalue weighted by atomic mass is 16.5. The number of nitrogens with zero attached hydrogens (tertiary/aromatic N) is 3. The Hall–Kier alpha value is -3.07. The third-order valence-corrected chi connectivity index (χ3v) is 3.29. The summed E-state index contributed by atoms with van der Waals surface area (Å²) >= 11 is 0. The highest BCUT2D eigenvalue weighted by molar-refractivity contribution is 6.10. The fourth-order valence-electron chi connectivity index (χ4n) is 1.90. The summed E-state index contributed by atoms with van der Waals surface area (Å²) in [6, 6.07) is 8.93. The molecule has 6 nitrogen and oxygen atoms in total. The Balaban J connectivity index is 2.27. The maximum Gasteiger partial charge on any atom is 0.266 e. The molecule has 1 heterocycles. The molecular weight excluding hydrogens is 280 g/mol. The topological polar surface area (TPSA) is 79.9 Å². The summed E-state index contributed by atoms with van der Waals surface area (Å²) in [5, 5.41) is 16.0. The van der Waals surface area contributed by atoms with Crippen LogP contribution in [0.3, 0.4) is 0 Å². The van der Waals surface area contributed by atoms with Crippen molar-refractivity contribution in [3.8, 4) is 11.8 Å². The van der Waals surface area contributed by atoms with Crippen LogP contribution in [0.2, 0.25) is 0 Å². The van der Waals surface area contributed by atoms with Crippen LogP contribution in [0.4, 0.5) is 5.69 Å². The van der Waals surface area contributed by atoms with Gasteiger partial charge in [0.1, 0.15) is 17.4 Å². The van der Waals surface area contributed by atoms with Gasteiger partial charge in [-0.15, -0.1) is 0 Å². The molecule has 1 amide bonds. The molecule has 0 bridgehead atoms. The zero-order chi connectivity index (χ0) is 16.1. The van der Waals surface area contributed by atoms with E-state index in [-0.39, 0.29) is 5.57 Å². The number of para-hydroxylation sites is 2. The smallest absolute Gasteiger partial charge is 0.266 e. The molecule has 0 spiro atoms. The third kappa shape index (κ3) is 3.15. The number of nitrogens with one attached hydrogen (secondary N) is 1.